The zero-order valence-electron chi connectivity index (χ0n) is 16.9. The molecule has 146 valence electrons. The second-order valence-corrected chi connectivity index (χ2v) is 8.00. The Kier molecular flexibility index (Phi) is 6.87. The summed E-state index contributed by atoms with van der Waals surface area (Å²) < 4.78 is 0. The molecular weight excluding hydrogens is 334 g/mol. The van der Waals surface area contributed by atoms with Crippen LogP contribution < -0.4 is 4.90 Å². The third-order valence-electron chi connectivity index (χ3n) is 6.00. The number of hydrogen-bond donors (Lipinski definition) is 0. The van der Waals surface area contributed by atoms with E-state index in [4.69, 9.17) is 0 Å². The number of nitrogens with zero attached hydrogens (tertiary/aromatic N) is 1. The number of carbonyl (C=O) groups is 2. The summed E-state index contributed by atoms with van der Waals surface area (Å²) in [6, 6.07) is 8.09. The van der Waals surface area contributed by atoms with E-state index < -0.39 is 0 Å². The molecule has 0 N–H and O–H groups in total. The molecule has 0 saturated carbocycles. The minimum absolute atomic E-state index is 0.0646. The Morgan fingerprint density at radius 2 is 1.41 bits per heavy atom. The summed E-state index contributed by atoms with van der Waals surface area (Å²) in [7, 11) is 0. The molecule has 3 heterocycles. The van der Waals surface area contributed by atoms with E-state index in [1.165, 1.54) is 49.0 Å². The van der Waals surface area contributed by atoms with Crippen LogP contribution in [-0.4, -0.2) is 11.8 Å². The Morgan fingerprint density at radius 1 is 0.778 bits per heavy atom. The highest BCUT2D eigenvalue weighted by Gasteiger charge is 2.43. The lowest BCUT2D eigenvalue weighted by Crippen LogP contribution is -2.33. The van der Waals surface area contributed by atoms with Gasteiger partial charge in [-0.3, -0.25) is 9.59 Å². The molecule has 0 aliphatic carbocycles. The zero-order chi connectivity index (χ0) is 19.2. The predicted molar refractivity (Wildman–Crippen MR) is 111 cm³/mol. The van der Waals surface area contributed by atoms with E-state index in [1.807, 2.05) is 12.1 Å². The van der Waals surface area contributed by atoms with Crippen LogP contribution >= 0.6 is 0 Å². The first-order valence-electron chi connectivity index (χ1n) is 10.9. The molecule has 0 fully saturated rings. The highest BCUT2D eigenvalue weighted by Crippen LogP contribution is 2.43. The summed E-state index contributed by atoms with van der Waals surface area (Å²) >= 11 is 0. The van der Waals surface area contributed by atoms with E-state index >= 15 is 0 Å². The zero-order valence-corrected chi connectivity index (χ0v) is 16.9. The van der Waals surface area contributed by atoms with Gasteiger partial charge >= 0.3 is 0 Å². The third-order valence-corrected chi connectivity index (χ3v) is 6.00. The molecule has 3 nitrogen and oxygen atoms in total. The van der Waals surface area contributed by atoms with Crippen LogP contribution in [0.4, 0.5) is 5.69 Å². The maximum absolute atomic E-state index is 13.2. The van der Waals surface area contributed by atoms with Crippen LogP contribution in [0.3, 0.4) is 0 Å². The van der Waals surface area contributed by atoms with Crippen molar-refractivity contribution in [1.82, 2.24) is 0 Å². The fourth-order valence-electron chi connectivity index (χ4n) is 4.44. The van der Waals surface area contributed by atoms with E-state index in [9.17, 15) is 9.59 Å². The average Bonchev–Trinajstić information content (AvgIpc) is 2.95. The highest BCUT2D eigenvalue weighted by atomic mass is 16.2. The minimum Gasteiger partial charge on any atom is -0.269 e. The van der Waals surface area contributed by atoms with Crippen LogP contribution in [0.25, 0.3) is 0 Å². The van der Waals surface area contributed by atoms with Gasteiger partial charge in [-0.15, -0.1) is 0 Å². The molecule has 4 bridgehead atoms. The number of rotatable bonds is 11. The Labute approximate surface area is 163 Å². The quantitative estimate of drug-likeness (QED) is 0.341. The smallest absolute Gasteiger partial charge is 0.262 e. The van der Waals surface area contributed by atoms with Gasteiger partial charge in [-0.1, -0.05) is 77.3 Å². The molecule has 3 aliphatic heterocycles. The lowest BCUT2D eigenvalue weighted by molar-refractivity contribution is -0.120. The summed E-state index contributed by atoms with van der Waals surface area (Å²) in [4.78, 5) is 27.6. The van der Waals surface area contributed by atoms with Crippen molar-refractivity contribution in [2.75, 3.05) is 4.90 Å². The first-order valence-corrected chi connectivity index (χ1v) is 10.9. The van der Waals surface area contributed by atoms with Crippen molar-refractivity contribution in [3.63, 3.8) is 0 Å². The molecule has 3 heteroatoms. The van der Waals surface area contributed by atoms with Gasteiger partial charge in [0.15, 0.2) is 0 Å². The van der Waals surface area contributed by atoms with Crippen molar-refractivity contribution in [2.45, 2.75) is 90.4 Å². The minimum atomic E-state index is -0.0727. The van der Waals surface area contributed by atoms with Gasteiger partial charge in [0.05, 0.1) is 5.69 Å². The molecule has 0 radical (unpaired) electrons. The highest BCUT2D eigenvalue weighted by molar-refractivity contribution is 6.33. The van der Waals surface area contributed by atoms with Gasteiger partial charge in [-0.25, -0.2) is 4.90 Å². The second-order valence-electron chi connectivity index (χ2n) is 8.00. The number of fused-ring (bicyclic) bond motifs is 2. The molecule has 1 atom stereocenters. The molecule has 0 saturated heterocycles. The van der Waals surface area contributed by atoms with Crippen LogP contribution in [-0.2, 0) is 9.59 Å². The summed E-state index contributed by atoms with van der Waals surface area (Å²) in [6.07, 6.45) is 12.2. The molecule has 4 rings (SSSR count). The van der Waals surface area contributed by atoms with E-state index in [0.29, 0.717) is 0 Å². The summed E-state index contributed by atoms with van der Waals surface area (Å²) in [5.74, 6) is -0.0648. The molecular formula is C24H33NO2. The summed E-state index contributed by atoms with van der Waals surface area (Å²) in [6.45, 7) is 4.42. The van der Waals surface area contributed by atoms with Gasteiger partial charge in [-0.05, 0) is 37.0 Å². The van der Waals surface area contributed by atoms with E-state index in [0.717, 1.165) is 48.9 Å². The second kappa shape index (κ2) is 9.34. The van der Waals surface area contributed by atoms with Crippen molar-refractivity contribution < 1.29 is 9.59 Å². The molecule has 0 spiro atoms. The lowest BCUT2D eigenvalue weighted by atomic mass is 9.83. The van der Waals surface area contributed by atoms with Crippen LogP contribution in [0, 0.1) is 0 Å². The number of carbonyl (C=O) groups excluding carboxylic acids is 2. The van der Waals surface area contributed by atoms with Crippen LogP contribution in [0.1, 0.15) is 96.0 Å². The average molecular weight is 368 g/mol. The summed E-state index contributed by atoms with van der Waals surface area (Å²) in [5.41, 5.74) is 3.50. The molecule has 1 unspecified atom stereocenters. The van der Waals surface area contributed by atoms with E-state index in [2.05, 4.69) is 26.0 Å². The van der Waals surface area contributed by atoms with Gasteiger partial charge in [0, 0.05) is 17.1 Å². The molecule has 27 heavy (non-hydrogen) atoms. The number of amides is 2. The Hall–Kier alpha value is -1.90. The molecule has 3 aliphatic rings. The first-order chi connectivity index (χ1) is 13.2. The number of unbranched alkanes of at least 4 members (excludes halogenated alkanes) is 7. The van der Waals surface area contributed by atoms with Gasteiger partial charge in [-0.2, -0.15) is 0 Å². The first kappa shape index (κ1) is 19.9. The number of imide groups is 1. The largest absolute Gasteiger partial charge is 0.269 e. The van der Waals surface area contributed by atoms with Crippen molar-refractivity contribution in [3.8, 4) is 0 Å². The molecule has 2 amide bonds. The fraction of sp³-hybridized carbons (Fsp3) is 0.583. The summed E-state index contributed by atoms with van der Waals surface area (Å²) in [5, 5.41) is 0. The Bertz CT molecular complexity index is 702. The van der Waals surface area contributed by atoms with Crippen molar-refractivity contribution in [1.29, 1.82) is 0 Å². The van der Waals surface area contributed by atoms with Gasteiger partial charge < -0.3 is 0 Å². The third kappa shape index (κ3) is 4.17. The van der Waals surface area contributed by atoms with Crippen LogP contribution in [0.5, 0.6) is 0 Å². The Balaban J connectivity index is 1.84. The van der Waals surface area contributed by atoms with Gasteiger partial charge in [0.25, 0.3) is 11.8 Å². The van der Waals surface area contributed by atoms with Crippen LogP contribution in [0.15, 0.2) is 35.4 Å². The van der Waals surface area contributed by atoms with Crippen LogP contribution in [0.2, 0.25) is 0 Å². The normalized spacial score (nSPS) is 18.4. The number of anilines is 1. The molecule has 1 aromatic rings. The SMILES string of the molecule is CCCCCCCC1=C2C(=O)N(C1=O)c1ccc(cc1)C2CCCCCC. The fourth-order valence-corrected chi connectivity index (χ4v) is 4.44. The maximum atomic E-state index is 13.2. The van der Waals surface area contributed by atoms with Gasteiger partial charge in [0.1, 0.15) is 0 Å². The maximum Gasteiger partial charge on any atom is 0.262 e. The predicted octanol–water partition coefficient (Wildman–Crippen LogP) is 6.28. The lowest BCUT2D eigenvalue weighted by Gasteiger charge is -2.24. The standard InChI is InChI=1S/C24H33NO2/c1-3-5-7-9-11-13-21-22-20(12-10-8-6-4-2)18-14-16-19(17-15-18)25(23(21)26)24(22)27/h14-17,20H,3-13H2,1-2H3. The van der Waals surface area contributed by atoms with Crippen molar-refractivity contribution in [2.24, 2.45) is 0 Å². The van der Waals surface area contributed by atoms with Crippen molar-refractivity contribution in [3.05, 3.63) is 41.0 Å². The molecule has 0 aromatic heterocycles. The monoisotopic (exact) mass is 367 g/mol. The number of benzene rings is 1. The van der Waals surface area contributed by atoms with E-state index in [-0.39, 0.29) is 17.7 Å². The Morgan fingerprint density at radius 3 is 2.07 bits per heavy atom. The molecule has 1 aromatic carbocycles. The van der Waals surface area contributed by atoms with Crippen molar-refractivity contribution >= 4 is 17.5 Å². The van der Waals surface area contributed by atoms with Gasteiger partial charge in [0.2, 0.25) is 0 Å². The van der Waals surface area contributed by atoms with E-state index in [1.54, 1.807) is 0 Å². The number of hydrogen-bond acceptors (Lipinski definition) is 2. The topological polar surface area (TPSA) is 37.4 Å².